The van der Waals surface area contributed by atoms with E-state index in [1.807, 2.05) is 0 Å². The molecule has 14 atom stereocenters. The third-order valence-corrected chi connectivity index (χ3v) is 16.5. The maximum atomic E-state index is 14.7. The van der Waals surface area contributed by atoms with Crippen molar-refractivity contribution in [3.8, 4) is 0 Å². The highest BCUT2D eigenvalue weighted by molar-refractivity contribution is 6.00. The lowest BCUT2D eigenvalue weighted by Crippen LogP contribution is -2.62. The van der Waals surface area contributed by atoms with Crippen LogP contribution in [0.3, 0.4) is 0 Å². The number of aliphatic hydroxyl groups is 2. The number of primary amides is 2. The van der Waals surface area contributed by atoms with E-state index < -0.39 is 174 Å². The Bertz CT molecular complexity index is 3600. The van der Waals surface area contributed by atoms with Crippen molar-refractivity contribution in [2.24, 2.45) is 61.8 Å². The molecule has 0 unspecified atom stereocenters. The van der Waals surface area contributed by atoms with Crippen LogP contribution in [-0.2, 0) is 88.0 Å². The molecule has 0 saturated heterocycles. The molecule has 4 rings (SSSR count). The maximum absolute atomic E-state index is 14.7. The van der Waals surface area contributed by atoms with Gasteiger partial charge in [-0.3, -0.25) is 72.3 Å². The molecular weight excluding hydrogens is 1410 g/mol. The first kappa shape index (κ1) is 88.7. The normalized spacial score (nSPS) is 15.1. The molecule has 0 aliphatic carbocycles. The Balaban J connectivity index is 1.59. The highest BCUT2D eigenvalue weighted by Crippen LogP contribution is 2.13. The number of carbonyl (C=O) groups excluding carboxylic acids is 13. The first-order chi connectivity index (χ1) is 51.1. The molecule has 13 amide bonds. The number of imidazole rings is 4. The van der Waals surface area contributed by atoms with Crippen molar-refractivity contribution in [2.45, 2.75) is 209 Å². The zero-order chi connectivity index (χ0) is 80.2. The van der Waals surface area contributed by atoms with Gasteiger partial charge in [-0.15, -0.1) is 0 Å². The van der Waals surface area contributed by atoms with Crippen LogP contribution in [0.4, 0.5) is 0 Å². The van der Waals surface area contributed by atoms with Crippen molar-refractivity contribution < 1.29 is 72.5 Å². The number of carbonyl (C=O) groups is 13. The average Bonchev–Trinajstić information content (AvgIpc) is 0.987. The Morgan fingerprint density at radius 2 is 0.731 bits per heavy atom. The number of nitrogens with two attached hydrogens (primary N) is 8. The molecule has 44 nitrogen and oxygen atoms in total. The molecule has 4 heterocycles. The Labute approximate surface area is 621 Å². The molecule has 0 radical (unpaired) electrons. The molecular formula is C64H105N29O15. The van der Waals surface area contributed by atoms with E-state index in [4.69, 9.17) is 45.9 Å². The molecule has 4 aromatic heterocycles. The van der Waals surface area contributed by atoms with Gasteiger partial charge in [0, 0.05) is 92.8 Å². The molecule has 0 spiro atoms. The van der Waals surface area contributed by atoms with Gasteiger partial charge >= 0.3 is 0 Å². The summed E-state index contributed by atoms with van der Waals surface area (Å²) in [5.74, 6) is -13.4. The number of aliphatic imine (C=N–C) groups is 2. The number of unbranched alkanes of at least 4 members (excludes halogenated alkanes) is 1. The Morgan fingerprint density at radius 3 is 1.10 bits per heavy atom. The van der Waals surface area contributed by atoms with E-state index in [0.717, 1.165) is 13.8 Å². The molecule has 0 aromatic carbocycles. The number of nitrogens with zero attached hydrogens (tertiary/aromatic N) is 6. The minimum Gasteiger partial charge on any atom is -0.391 e. The van der Waals surface area contributed by atoms with Crippen LogP contribution in [0.15, 0.2) is 60.1 Å². The Kier molecular flexibility index (Phi) is 37.5. The van der Waals surface area contributed by atoms with E-state index in [-0.39, 0.29) is 114 Å². The molecule has 0 fully saturated rings. The van der Waals surface area contributed by atoms with Gasteiger partial charge in [0.15, 0.2) is 11.9 Å². The minimum absolute atomic E-state index is 0.0103. The first-order valence-corrected chi connectivity index (χ1v) is 34.9. The van der Waals surface area contributed by atoms with Gasteiger partial charge < -0.3 is 135 Å². The van der Waals surface area contributed by atoms with Crippen molar-refractivity contribution in [1.82, 2.24) is 98.4 Å². The van der Waals surface area contributed by atoms with Gasteiger partial charge in [-0.25, -0.2) is 19.9 Å². The summed E-state index contributed by atoms with van der Waals surface area (Å²) in [6.45, 7) is 7.16. The summed E-state index contributed by atoms with van der Waals surface area (Å²) in [4.78, 5) is 216. The number of aromatic nitrogens is 8. The lowest BCUT2D eigenvalue weighted by atomic mass is 10.0. The second-order valence-electron chi connectivity index (χ2n) is 26.1. The van der Waals surface area contributed by atoms with E-state index in [2.05, 4.69) is 108 Å². The van der Waals surface area contributed by atoms with Crippen LogP contribution in [0.5, 0.6) is 0 Å². The summed E-state index contributed by atoms with van der Waals surface area (Å²) in [5.41, 5.74) is 46.9. The van der Waals surface area contributed by atoms with E-state index in [9.17, 15) is 72.5 Å². The van der Waals surface area contributed by atoms with E-state index in [0.29, 0.717) is 23.5 Å². The summed E-state index contributed by atoms with van der Waals surface area (Å²) in [5, 5.41) is 49.8. The fraction of sp³-hybridized carbons (Fsp3) is 0.578. The van der Waals surface area contributed by atoms with Crippen LogP contribution in [0.25, 0.3) is 0 Å². The molecule has 596 valence electrons. The number of rotatable bonds is 50. The SMILES string of the molecule is CC(C)C[C@H](NC(=O)[C@H](C)NC(=O)[C@@H](NC(=O)[C@H](Cc1cnc[nH]1)NC(=O)[C@H](CCCN=C(N)N)NC(=O)[C@H](CCC(N)=O)NC(=O)[C@H](CCCCN)NC(=O)[C@@H](NC(=O)[C@H](Cc1cnc[nH]1)NC(=O)[C@H](CCCN=C(N)N)NC(=O)[C@@H](N)Cc1cnc[nH]1)[C@@H](C)O)[C@@H](C)O)C(=O)N[C@@H](Cc1cnc[nH]1)C(N)=O. The lowest BCUT2D eigenvalue weighted by Gasteiger charge is -2.29. The van der Waals surface area contributed by atoms with Gasteiger partial charge in [0.05, 0.1) is 43.6 Å². The number of amides is 13. The molecule has 4 aromatic rings. The fourth-order valence-electron chi connectivity index (χ4n) is 10.7. The van der Waals surface area contributed by atoms with Gasteiger partial charge in [-0.1, -0.05) is 13.8 Å². The number of H-pyrrole nitrogens is 4. The number of aliphatic hydroxyl groups excluding tert-OH is 2. The van der Waals surface area contributed by atoms with Crippen LogP contribution in [0.2, 0.25) is 0 Å². The van der Waals surface area contributed by atoms with Crippen molar-refractivity contribution in [3.05, 3.63) is 72.9 Å². The monoisotopic (exact) mass is 1520 g/mol. The first-order valence-electron chi connectivity index (χ1n) is 34.9. The molecule has 0 aliphatic rings. The van der Waals surface area contributed by atoms with Crippen LogP contribution in [0, 0.1) is 5.92 Å². The third kappa shape index (κ3) is 32.0. The molecule has 44 heteroatoms. The highest BCUT2D eigenvalue weighted by Gasteiger charge is 2.39. The summed E-state index contributed by atoms with van der Waals surface area (Å²) >= 11 is 0. The largest absolute Gasteiger partial charge is 0.391 e. The summed E-state index contributed by atoms with van der Waals surface area (Å²) in [6.07, 6.45) is 5.86. The number of nitrogens with one attached hydrogen (secondary N) is 15. The van der Waals surface area contributed by atoms with Gasteiger partial charge in [-0.05, 0) is 91.0 Å². The van der Waals surface area contributed by atoms with Crippen molar-refractivity contribution in [1.29, 1.82) is 0 Å². The summed E-state index contributed by atoms with van der Waals surface area (Å²) in [6, 6.07) is -18.3. The van der Waals surface area contributed by atoms with Crippen molar-refractivity contribution in [3.63, 3.8) is 0 Å². The second-order valence-corrected chi connectivity index (χ2v) is 26.1. The van der Waals surface area contributed by atoms with Gasteiger partial charge in [0.2, 0.25) is 76.8 Å². The van der Waals surface area contributed by atoms with Gasteiger partial charge in [0.25, 0.3) is 0 Å². The van der Waals surface area contributed by atoms with Crippen LogP contribution < -0.4 is 104 Å². The molecule has 33 N–H and O–H groups in total. The zero-order valence-corrected chi connectivity index (χ0v) is 60.8. The smallest absolute Gasteiger partial charge is 0.245 e. The van der Waals surface area contributed by atoms with Gasteiger partial charge in [-0.2, -0.15) is 0 Å². The quantitative estimate of drug-likeness (QED) is 0.0111. The minimum atomic E-state index is -1.87. The number of hydrogen-bond donors (Lipinski definition) is 25. The maximum Gasteiger partial charge on any atom is 0.245 e. The molecule has 0 bridgehead atoms. The summed E-state index contributed by atoms with van der Waals surface area (Å²) < 4.78 is 0. The Hall–Kier alpha value is -11.7. The standard InChI is InChI=1S/C64H105N29O15/c1-31(2)18-45(58(104)88-44(51(68)97)20-36-24-74-28-80-36)89-52(98)32(3)83-61(107)49(33(4)94)92-59(105)46(21-37-25-75-29-81-37)91-56(102)42(12-9-17-78-64(71)72)85-57(103)43(13-14-48(67)96)86-54(100)40(10-6-7-15-65)87-62(108)50(34(5)95)93-60(106)47(22-38-26-76-30-82-38)90-55(101)41(11-8-16-77-63(69)70)84-53(99)39(66)19-35-23-73-27-79-35/h23-34,39-47,49-50,94-95H,6-22,65-66H2,1-5H3,(H2,67,96)(H2,68,97)(H,73,79)(H,74,80)(H,75,81)(H,76,82)(H,83,107)(H,84,99)(H,85,103)(H,86,100)(H,87,108)(H,88,104)(H,89,98)(H,90,101)(H,91,102)(H,92,105)(H,93,106)(H4,69,70,77)(H4,71,72,78)/t32-,33+,34+,39-,40-,41-,42-,43-,44-,45-,46-,47-,49-,50-/m0/s1. The number of aromatic amines is 4. The predicted octanol–water partition coefficient (Wildman–Crippen LogP) is -9.68. The van der Waals surface area contributed by atoms with E-state index in [1.165, 1.54) is 57.0 Å². The number of guanidine groups is 2. The predicted molar refractivity (Wildman–Crippen MR) is 387 cm³/mol. The van der Waals surface area contributed by atoms with E-state index >= 15 is 0 Å². The molecule has 108 heavy (non-hydrogen) atoms. The van der Waals surface area contributed by atoms with E-state index in [1.54, 1.807) is 13.8 Å². The van der Waals surface area contributed by atoms with Gasteiger partial charge in [0.1, 0.15) is 66.5 Å². The van der Waals surface area contributed by atoms with Crippen molar-refractivity contribution >= 4 is 88.7 Å². The van der Waals surface area contributed by atoms with Crippen molar-refractivity contribution in [2.75, 3.05) is 19.6 Å². The van der Waals surface area contributed by atoms with Crippen LogP contribution >= 0.6 is 0 Å². The zero-order valence-electron chi connectivity index (χ0n) is 60.8. The topological polar surface area (TPSA) is 742 Å². The van der Waals surface area contributed by atoms with Crippen LogP contribution in [0.1, 0.15) is 122 Å². The second kappa shape index (κ2) is 45.6. The lowest BCUT2D eigenvalue weighted by molar-refractivity contribution is -0.137. The highest BCUT2D eigenvalue weighted by atomic mass is 16.3. The number of hydrogen-bond acceptors (Lipinski definition) is 23. The van der Waals surface area contributed by atoms with Crippen LogP contribution in [-0.4, -0.2) is 243 Å². The summed E-state index contributed by atoms with van der Waals surface area (Å²) in [7, 11) is 0. The average molecular weight is 1520 g/mol. The Morgan fingerprint density at radius 1 is 0.398 bits per heavy atom. The molecule has 0 saturated carbocycles. The molecule has 0 aliphatic heterocycles. The fourth-order valence-corrected chi connectivity index (χ4v) is 10.7. The third-order valence-electron chi connectivity index (χ3n) is 16.5.